The SMILES string of the molecule is CCNC(c1ccc(C(C)(C)C)s1)c1ccc(C)cc1C. The maximum Gasteiger partial charge on any atom is 0.0673 e. The fourth-order valence-corrected chi connectivity index (χ4v) is 3.79. The van der Waals surface area contributed by atoms with E-state index in [1.807, 2.05) is 11.3 Å². The fourth-order valence-electron chi connectivity index (χ4n) is 2.63. The molecule has 0 saturated carbocycles. The first-order valence-electron chi connectivity index (χ1n) is 7.73. The van der Waals surface area contributed by atoms with Crippen LogP contribution in [0.25, 0.3) is 0 Å². The number of hydrogen-bond donors (Lipinski definition) is 1. The molecule has 1 aromatic heterocycles. The third kappa shape index (κ3) is 3.75. The average Bonchev–Trinajstić information content (AvgIpc) is 2.86. The molecule has 114 valence electrons. The van der Waals surface area contributed by atoms with Crippen LogP contribution in [0.2, 0.25) is 0 Å². The molecular weight excluding hydrogens is 274 g/mol. The van der Waals surface area contributed by atoms with Crippen LogP contribution in [-0.2, 0) is 5.41 Å². The van der Waals surface area contributed by atoms with Gasteiger partial charge in [-0.05, 0) is 49.1 Å². The maximum absolute atomic E-state index is 3.65. The molecule has 2 aromatic rings. The topological polar surface area (TPSA) is 12.0 Å². The molecule has 2 rings (SSSR count). The highest BCUT2D eigenvalue weighted by molar-refractivity contribution is 7.12. The van der Waals surface area contributed by atoms with E-state index in [-0.39, 0.29) is 5.41 Å². The van der Waals surface area contributed by atoms with Gasteiger partial charge < -0.3 is 5.32 Å². The number of benzene rings is 1. The largest absolute Gasteiger partial charge is 0.306 e. The van der Waals surface area contributed by atoms with Gasteiger partial charge >= 0.3 is 0 Å². The molecule has 0 spiro atoms. The normalized spacial score (nSPS) is 13.4. The predicted octanol–water partition coefficient (Wildman–Crippen LogP) is 5.36. The maximum atomic E-state index is 3.65. The molecule has 0 aliphatic heterocycles. The Morgan fingerprint density at radius 3 is 2.33 bits per heavy atom. The Morgan fingerprint density at radius 1 is 1.10 bits per heavy atom. The van der Waals surface area contributed by atoms with Crippen LogP contribution in [0.3, 0.4) is 0 Å². The van der Waals surface area contributed by atoms with E-state index in [4.69, 9.17) is 0 Å². The molecule has 1 nitrogen and oxygen atoms in total. The van der Waals surface area contributed by atoms with E-state index in [9.17, 15) is 0 Å². The quantitative estimate of drug-likeness (QED) is 0.801. The Bertz CT molecular complexity index is 604. The van der Waals surface area contributed by atoms with Crippen molar-refractivity contribution in [1.82, 2.24) is 5.32 Å². The van der Waals surface area contributed by atoms with E-state index in [1.165, 1.54) is 26.4 Å². The standard InChI is InChI=1S/C19H27NS/c1-7-20-18(15-9-8-13(2)12-14(15)3)16-10-11-17(21-16)19(4,5)6/h8-12,18,20H,7H2,1-6H3. The van der Waals surface area contributed by atoms with Gasteiger partial charge in [0.1, 0.15) is 0 Å². The minimum absolute atomic E-state index is 0.224. The van der Waals surface area contributed by atoms with E-state index < -0.39 is 0 Å². The predicted molar refractivity (Wildman–Crippen MR) is 94.5 cm³/mol. The molecule has 1 atom stereocenters. The molecule has 0 saturated heterocycles. The summed E-state index contributed by atoms with van der Waals surface area (Å²) in [5.41, 5.74) is 4.31. The molecule has 0 aliphatic carbocycles. The summed E-state index contributed by atoms with van der Waals surface area (Å²) >= 11 is 1.93. The highest BCUT2D eigenvalue weighted by atomic mass is 32.1. The lowest BCUT2D eigenvalue weighted by atomic mass is 9.94. The van der Waals surface area contributed by atoms with Crippen LogP contribution in [0, 0.1) is 13.8 Å². The molecule has 0 amide bonds. The average molecular weight is 301 g/mol. The molecular formula is C19H27NS. The molecule has 0 bridgehead atoms. The van der Waals surface area contributed by atoms with Gasteiger partial charge in [0.2, 0.25) is 0 Å². The Morgan fingerprint density at radius 2 is 1.81 bits per heavy atom. The number of hydrogen-bond acceptors (Lipinski definition) is 2. The third-order valence-corrected chi connectivity index (χ3v) is 5.37. The Labute approximate surface area is 133 Å². The summed E-state index contributed by atoms with van der Waals surface area (Å²) in [6.45, 7) is 14.4. The lowest BCUT2D eigenvalue weighted by Crippen LogP contribution is -2.22. The van der Waals surface area contributed by atoms with Crippen LogP contribution >= 0.6 is 11.3 Å². The van der Waals surface area contributed by atoms with Gasteiger partial charge in [-0.2, -0.15) is 0 Å². The second-order valence-electron chi connectivity index (χ2n) is 6.80. The van der Waals surface area contributed by atoms with Gasteiger partial charge in [-0.25, -0.2) is 0 Å². The molecule has 21 heavy (non-hydrogen) atoms. The van der Waals surface area contributed by atoms with E-state index in [0.717, 1.165) is 6.54 Å². The van der Waals surface area contributed by atoms with Gasteiger partial charge in [0.05, 0.1) is 6.04 Å². The van der Waals surface area contributed by atoms with Gasteiger partial charge in [0.15, 0.2) is 0 Å². The van der Waals surface area contributed by atoms with Crippen molar-refractivity contribution in [3.8, 4) is 0 Å². The molecule has 1 aromatic carbocycles. The van der Waals surface area contributed by atoms with Crippen molar-refractivity contribution in [2.45, 2.75) is 53.0 Å². The van der Waals surface area contributed by atoms with Crippen molar-refractivity contribution in [1.29, 1.82) is 0 Å². The second-order valence-corrected chi connectivity index (χ2v) is 7.92. The Balaban J connectivity index is 2.41. The van der Waals surface area contributed by atoms with Gasteiger partial charge in [-0.1, -0.05) is 51.5 Å². The van der Waals surface area contributed by atoms with Crippen LogP contribution in [0.15, 0.2) is 30.3 Å². The zero-order chi connectivity index (χ0) is 15.6. The summed E-state index contributed by atoms with van der Waals surface area (Å²) in [6.07, 6.45) is 0. The number of nitrogens with one attached hydrogen (secondary N) is 1. The minimum Gasteiger partial charge on any atom is -0.306 e. The molecule has 0 aliphatic rings. The molecule has 0 radical (unpaired) electrons. The number of aryl methyl sites for hydroxylation is 2. The molecule has 1 unspecified atom stereocenters. The molecule has 1 heterocycles. The van der Waals surface area contributed by atoms with Crippen molar-refractivity contribution in [3.05, 3.63) is 56.8 Å². The minimum atomic E-state index is 0.224. The summed E-state index contributed by atoms with van der Waals surface area (Å²) < 4.78 is 0. The lowest BCUT2D eigenvalue weighted by Gasteiger charge is -2.20. The molecule has 0 fully saturated rings. The summed E-state index contributed by atoms with van der Waals surface area (Å²) in [6, 6.07) is 11.6. The van der Waals surface area contributed by atoms with Crippen LogP contribution in [0.4, 0.5) is 0 Å². The van der Waals surface area contributed by atoms with E-state index >= 15 is 0 Å². The Kier molecular flexibility index (Phi) is 4.90. The first kappa shape index (κ1) is 16.3. The van der Waals surface area contributed by atoms with Crippen molar-refractivity contribution in [2.75, 3.05) is 6.54 Å². The summed E-state index contributed by atoms with van der Waals surface area (Å²) in [5, 5.41) is 3.65. The van der Waals surface area contributed by atoms with Crippen LogP contribution in [-0.4, -0.2) is 6.54 Å². The highest BCUT2D eigenvalue weighted by Gasteiger charge is 2.21. The first-order valence-corrected chi connectivity index (χ1v) is 8.55. The third-order valence-electron chi connectivity index (χ3n) is 3.80. The molecule has 1 N–H and O–H groups in total. The van der Waals surface area contributed by atoms with Crippen LogP contribution < -0.4 is 5.32 Å². The van der Waals surface area contributed by atoms with E-state index in [2.05, 4.69) is 77.2 Å². The first-order chi connectivity index (χ1) is 9.82. The smallest absolute Gasteiger partial charge is 0.0673 e. The van der Waals surface area contributed by atoms with Crippen LogP contribution in [0.1, 0.15) is 60.2 Å². The van der Waals surface area contributed by atoms with Gasteiger partial charge in [0.25, 0.3) is 0 Å². The summed E-state index contributed by atoms with van der Waals surface area (Å²) in [7, 11) is 0. The summed E-state index contributed by atoms with van der Waals surface area (Å²) in [5.74, 6) is 0. The molecule has 2 heteroatoms. The zero-order valence-corrected chi connectivity index (χ0v) is 14.9. The van der Waals surface area contributed by atoms with Crippen molar-refractivity contribution in [3.63, 3.8) is 0 Å². The monoisotopic (exact) mass is 301 g/mol. The number of rotatable bonds is 4. The lowest BCUT2D eigenvalue weighted by molar-refractivity contribution is 0.604. The Hall–Kier alpha value is -1.12. The van der Waals surface area contributed by atoms with Crippen molar-refractivity contribution >= 4 is 11.3 Å². The van der Waals surface area contributed by atoms with Crippen molar-refractivity contribution < 1.29 is 0 Å². The second kappa shape index (κ2) is 6.33. The van der Waals surface area contributed by atoms with Crippen molar-refractivity contribution in [2.24, 2.45) is 0 Å². The van der Waals surface area contributed by atoms with Crippen LogP contribution in [0.5, 0.6) is 0 Å². The van der Waals surface area contributed by atoms with Gasteiger partial charge in [-0.15, -0.1) is 11.3 Å². The van der Waals surface area contributed by atoms with E-state index in [0.29, 0.717) is 6.04 Å². The fraction of sp³-hybridized carbons (Fsp3) is 0.474. The zero-order valence-electron chi connectivity index (χ0n) is 14.1. The highest BCUT2D eigenvalue weighted by Crippen LogP contribution is 2.35. The van der Waals surface area contributed by atoms with Gasteiger partial charge in [-0.3, -0.25) is 0 Å². The van der Waals surface area contributed by atoms with Gasteiger partial charge in [0, 0.05) is 9.75 Å². The number of thiophene rings is 1. The summed E-state index contributed by atoms with van der Waals surface area (Å²) in [4.78, 5) is 2.86. The van der Waals surface area contributed by atoms with E-state index in [1.54, 1.807) is 0 Å².